The standard InChI is InChI=1S/C21H19ClF3N3O3/c22-16-8-5-14(6-9-16)17-13-19(28(27-17)11-12-29)26-20(30)10-7-15-3-1-2-4-18(15)31-21(23,24)25/h1-6,8-9,13,29H,7,10-12H2,(H,26,30). The Morgan fingerprint density at radius 3 is 2.55 bits per heavy atom. The molecule has 0 aliphatic heterocycles. The van der Waals surface area contributed by atoms with Crippen LogP contribution in [-0.4, -0.2) is 33.8 Å². The lowest BCUT2D eigenvalue weighted by atomic mass is 10.1. The monoisotopic (exact) mass is 453 g/mol. The van der Waals surface area contributed by atoms with E-state index in [4.69, 9.17) is 11.6 Å². The van der Waals surface area contributed by atoms with Crippen molar-refractivity contribution in [3.05, 3.63) is 65.2 Å². The van der Waals surface area contributed by atoms with Crippen molar-refractivity contribution in [1.29, 1.82) is 0 Å². The van der Waals surface area contributed by atoms with E-state index in [0.29, 0.717) is 16.5 Å². The molecule has 2 N–H and O–H groups in total. The quantitative estimate of drug-likeness (QED) is 0.520. The average Bonchev–Trinajstić information content (AvgIpc) is 3.09. The first-order valence-corrected chi connectivity index (χ1v) is 9.71. The molecule has 0 unspecified atom stereocenters. The van der Waals surface area contributed by atoms with E-state index in [0.717, 1.165) is 5.56 Å². The number of aryl methyl sites for hydroxylation is 1. The number of nitrogens with one attached hydrogen (secondary N) is 1. The number of halogens is 4. The number of anilines is 1. The molecule has 0 fully saturated rings. The molecular formula is C21H19ClF3N3O3. The van der Waals surface area contributed by atoms with Gasteiger partial charge in [0.05, 0.1) is 18.8 Å². The molecule has 6 nitrogen and oxygen atoms in total. The molecule has 31 heavy (non-hydrogen) atoms. The largest absolute Gasteiger partial charge is 0.573 e. The minimum atomic E-state index is -4.81. The first kappa shape index (κ1) is 22.6. The summed E-state index contributed by atoms with van der Waals surface area (Å²) >= 11 is 5.90. The maximum absolute atomic E-state index is 12.6. The minimum absolute atomic E-state index is 0.0519. The van der Waals surface area contributed by atoms with Crippen LogP contribution in [0.25, 0.3) is 11.3 Å². The summed E-state index contributed by atoms with van der Waals surface area (Å²) in [6, 6.07) is 14.3. The number of ether oxygens (including phenoxy) is 1. The first-order chi connectivity index (χ1) is 14.7. The Morgan fingerprint density at radius 1 is 1.16 bits per heavy atom. The summed E-state index contributed by atoms with van der Waals surface area (Å²) in [4.78, 5) is 12.4. The van der Waals surface area contributed by atoms with E-state index in [-0.39, 0.29) is 37.3 Å². The van der Waals surface area contributed by atoms with Gasteiger partial charge in [0.1, 0.15) is 11.6 Å². The Bertz CT molecular complexity index is 1040. The third-order valence-electron chi connectivity index (χ3n) is 4.32. The van der Waals surface area contributed by atoms with Crippen molar-refractivity contribution in [2.45, 2.75) is 25.7 Å². The van der Waals surface area contributed by atoms with Crippen LogP contribution in [0.3, 0.4) is 0 Å². The second kappa shape index (κ2) is 9.84. The fourth-order valence-corrected chi connectivity index (χ4v) is 3.06. The zero-order valence-corrected chi connectivity index (χ0v) is 17.0. The van der Waals surface area contributed by atoms with Crippen molar-refractivity contribution in [2.75, 3.05) is 11.9 Å². The highest BCUT2D eigenvalue weighted by Gasteiger charge is 2.32. The number of carbonyl (C=O) groups excluding carboxylic acids is 1. The molecule has 0 saturated heterocycles. The zero-order chi connectivity index (χ0) is 22.4. The summed E-state index contributed by atoms with van der Waals surface area (Å²) in [5.41, 5.74) is 1.61. The molecule has 3 rings (SSSR count). The van der Waals surface area contributed by atoms with Crippen molar-refractivity contribution in [1.82, 2.24) is 9.78 Å². The van der Waals surface area contributed by atoms with Gasteiger partial charge >= 0.3 is 6.36 Å². The number of aliphatic hydroxyl groups is 1. The van der Waals surface area contributed by atoms with Crippen LogP contribution < -0.4 is 10.1 Å². The molecule has 0 atom stereocenters. The van der Waals surface area contributed by atoms with Gasteiger partial charge in [0.2, 0.25) is 5.91 Å². The molecule has 2 aromatic carbocycles. The van der Waals surface area contributed by atoms with E-state index >= 15 is 0 Å². The van der Waals surface area contributed by atoms with E-state index in [9.17, 15) is 23.1 Å². The van der Waals surface area contributed by atoms with Crippen LogP contribution in [0.1, 0.15) is 12.0 Å². The fraction of sp³-hybridized carbons (Fsp3) is 0.238. The second-order valence-corrected chi connectivity index (χ2v) is 7.01. The van der Waals surface area contributed by atoms with Gasteiger partial charge in [-0.05, 0) is 30.2 Å². The number of amides is 1. The maximum atomic E-state index is 12.6. The third-order valence-corrected chi connectivity index (χ3v) is 4.57. The summed E-state index contributed by atoms with van der Waals surface area (Å²) < 4.78 is 43.1. The van der Waals surface area contributed by atoms with Gasteiger partial charge in [-0.1, -0.05) is 41.9 Å². The molecule has 3 aromatic rings. The summed E-state index contributed by atoms with van der Waals surface area (Å²) in [6.07, 6.45) is -4.83. The zero-order valence-electron chi connectivity index (χ0n) is 16.2. The Labute approximate surface area is 181 Å². The van der Waals surface area contributed by atoms with Crippen LogP contribution in [0.5, 0.6) is 5.75 Å². The number of para-hydroxylation sites is 1. The van der Waals surface area contributed by atoms with E-state index in [1.807, 2.05) is 0 Å². The predicted octanol–water partition coefficient (Wildman–Crippen LogP) is 4.67. The fourth-order valence-electron chi connectivity index (χ4n) is 2.93. The number of aromatic nitrogens is 2. The van der Waals surface area contributed by atoms with Gasteiger partial charge in [-0.3, -0.25) is 4.79 Å². The Hall–Kier alpha value is -3.04. The lowest BCUT2D eigenvalue weighted by Gasteiger charge is -2.13. The topological polar surface area (TPSA) is 76.4 Å². The van der Waals surface area contributed by atoms with E-state index in [1.54, 1.807) is 36.4 Å². The highest BCUT2D eigenvalue weighted by atomic mass is 35.5. The molecular weight excluding hydrogens is 435 g/mol. The molecule has 0 spiro atoms. The Morgan fingerprint density at radius 2 is 1.87 bits per heavy atom. The summed E-state index contributed by atoms with van der Waals surface area (Å²) in [6.45, 7) is -0.0295. The van der Waals surface area contributed by atoms with Crippen LogP contribution >= 0.6 is 11.6 Å². The number of rotatable bonds is 8. The van der Waals surface area contributed by atoms with Gasteiger partial charge < -0.3 is 15.2 Å². The smallest absolute Gasteiger partial charge is 0.406 e. The van der Waals surface area contributed by atoms with E-state index in [1.165, 1.54) is 22.9 Å². The number of alkyl halides is 3. The molecule has 164 valence electrons. The SMILES string of the molecule is O=C(CCc1ccccc1OC(F)(F)F)Nc1cc(-c2ccc(Cl)cc2)nn1CCO. The molecule has 0 saturated carbocycles. The number of nitrogens with zero attached hydrogens (tertiary/aromatic N) is 2. The van der Waals surface area contributed by atoms with Gasteiger partial charge in [0.15, 0.2) is 0 Å². The highest BCUT2D eigenvalue weighted by molar-refractivity contribution is 6.30. The Balaban J connectivity index is 1.70. The molecule has 0 aliphatic carbocycles. The average molecular weight is 454 g/mol. The van der Waals surface area contributed by atoms with Gasteiger partial charge in [-0.2, -0.15) is 5.10 Å². The van der Waals surface area contributed by atoms with Gasteiger partial charge in [-0.25, -0.2) is 4.68 Å². The van der Waals surface area contributed by atoms with Crippen LogP contribution in [0.4, 0.5) is 19.0 Å². The van der Waals surface area contributed by atoms with E-state index in [2.05, 4.69) is 15.2 Å². The number of hydrogen-bond acceptors (Lipinski definition) is 4. The van der Waals surface area contributed by atoms with Crippen molar-refractivity contribution in [3.8, 4) is 17.0 Å². The number of hydrogen-bond donors (Lipinski definition) is 2. The van der Waals surface area contributed by atoms with Crippen molar-refractivity contribution >= 4 is 23.3 Å². The van der Waals surface area contributed by atoms with Crippen LogP contribution in [0.2, 0.25) is 5.02 Å². The summed E-state index contributed by atoms with van der Waals surface area (Å²) in [7, 11) is 0. The molecule has 1 aromatic heterocycles. The third kappa shape index (κ3) is 6.47. The second-order valence-electron chi connectivity index (χ2n) is 6.57. The van der Waals surface area contributed by atoms with Gasteiger partial charge in [0.25, 0.3) is 0 Å². The number of carbonyl (C=O) groups is 1. The lowest BCUT2D eigenvalue weighted by molar-refractivity contribution is -0.274. The predicted molar refractivity (Wildman–Crippen MR) is 110 cm³/mol. The van der Waals surface area contributed by atoms with Gasteiger partial charge in [-0.15, -0.1) is 13.2 Å². The van der Waals surface area contributed by atoms with Crippen LogP contribution in [-0.2, 0) is 17.8 Å². The number of aliphatic hydroxyl groups excluding tert-OH is 1. The first-order valence-electron chi connectivity index (χ1n) is 9.33. The van der Waals surface area contributed by atoms with Gasteiger partial charge in [0, 0.05) is 23.1 Å². The normalized spacial score (nSPS) is 11.4. The Kier molecular flexibility index (Phi) is 7.19. The summed E-state index contributed by atoms with van der Waals surface area (Å²) in [5, 5.41) is 16.9. The van der Waals surface area contributed by atoms with Crippen molar-refractivity contribution in [3.63, 3.8) is 0 Å². The van der Waals surface area contributed by atoms with E-state index < -0.39 is 12.3 Å². The molecule has 0 aliphatic rings. The minimum Gasteiger partial charge on any atom is -0.406 e. The van der Waals surface area contributed by atoms with Crippen molar-refractivity contribution < 1.29 is 27.8 Å². The molecule has 10 heteroatoms. The molecule has 1 heterocycles. The van der Waals surface area contributed by atoms with Crippen LogP contribution in [0.15, 0.2) is 54.6 Å². The molecule has 1 amide bonds. The maximum Gasteiger partial charge on any atom is 0.573 e. The summed E-state index contributed by atoms with van der Waals surface area (Å²) in [5.74, 6) is -0.384. The number of benzene rings is 2. The van der Waals surface area contributed by atoms with Crippen LogP contribution in [0, 0.1) is 0 Å². The molecule has 0 radical (unpaired) electrons. The van der Waals surface area contributed by atoms with Crippen molar-refractivity contribution in [2.24, 2.45) is 0 Å². The molecule has 0 bridgehead atoms. The lowest BCUT2D eigenvalue weighted by Crippen LogP contribution is -2.19. The highest BCUT2D eigenvalue weighted by Crippen LogP contribution is 2.27.